The van der Waals surface area contributed by atoms with E-state index in [1.165, 1.54) is 38.2 Å². The van der Waals surface area contributed by atoms with Crippen molar-refractivity contribution in [1.29, 1.82) is 0 Å². The maximum atomic E-state index is 14.1. The van der Waals surface area contributed by atoms with Crippen LogP contribution in [0.25, 0.3) is 0 Å². The minimum atomic E-state index is -0.394. The molecular weight excluding hydrogens is 436 g/mol. The lowest BCUT2D eigenvalue weighted by molar-refractivity contribution is -0.0142. The van der Waals surface area contributed by atoms with Crippen LogP contribution < -0.4 is 14.8 Å². The van der Waals surface area contributed by atoms with Crippen molar-refractivity contribution in [2.24, 2.45) is 23.7 Å². The number of rotatable bonds is 7. The van der Waals surface area contributed by atoms with Crippen LogP contribution in [-0.2, 0) is 13.2 Å². The summed E-state index contributed by atoms with van der Waals surface area (Å²) >= 11 is 12.7. The molecule has 4 saturated carbocycles. The van der Waals surface area contributed by atoms with Gasteiger partial charge in [-0.15, -0.1) is 0 Å². The minimum absolute atomic E-state index is 0.00353. The summed E-state index contributed by atoms with van der Waals surface area (Å²) in [6.07, 6.45) is 6.99. The lowest BCUT2D eigenvalue weighted by Gasteiger charge is -2.54. The third kappa shape index (κ3) is 4.27. The monoisotopic (exact) mass is 463 g/mol. The molecule has 0 radical (unpaired) electrons. The Morgan fingerprint density at radius 3 is 2.32 bits per heavy atom. The van der Waals surface area contributed by atoms with Gasteiger partial charge in [0.05, 0.1) is 12.1 Å². The Morgan fingerprint density at radius 2 is 1.68 bits per heavy atom. The maximum absolute atomic E-state index is 14.1. The zero-order valence-electron chi connectivity index (χ0n) is 17.7. The van der Waals surface area contributed by atoms with Crippen LogP contribution in [-0.4, -0.2) is 13.2 Å². The highest BCUT2D eigenvalue weighted by atomic mass is 35.5. The summed E-state index contributed by atoms with van der Waals surface area (Å²) in [5.74, 6) is 4.21. The van der Waals surface area contributed by atoms with Gasteiger partial charge < -0.3 is 14.8 Å². The summed E-state index contributed by atoms with van der Waals surface area (Å²) in [4.78, 5) is 0. The molecular formula is C25H28Cl2FNO2. The van der Waals surface area contributed by atoms with Crippen molar-refractivity contribution in [3.63, 3.8) is 0 Å². The molecule has 0 saturated heterocycles. The molecule has 0 aliphatic heterocycles. The topological polar surface area (TPSA) is 30.5 Å². The van der Waals surface area contributed by atoms with Gasteiger partial charge in [0.2, 0.25) is 0 Å². The Hall–Kier alpha value is -1.49. The second-order valence-corrected chi connectivity index (χ2v) is 10.2. The Balaban J connectivity index is 1.27. The summed E-state index contributed by atoms with van der Waals surface area (Å²) in [6.45, 7) is 0.713. The van der Waals surface area contributed by atoms with Gasteiger partial charge in [0.15, 0.2) is 11.5 Å². The van der Waals surface area contributed by atoms with E-state index < -0.39 is 5.82 Å². The van der Waals surface area contributed by atoms with E-state index in [0.717, 1.165) is 29.2 Å². The predicted molar refractivity (Wildman–Crippen MR) is 121 cm³/mol. The minimum Gasteiger partial charge on any atom is -0.493 e. The van der Waals surface area contributed by atoms with Crippen molar-refractivity contribution in [3.05, 3.63) is 57.3 Å². The van der Waals surface area contributed by atoms with Gasteiger partial charge in [-0.2, -0.15) is 0 Å². The quantitative estimate of drug-likeness (QED) is 0.499. The van der Waals surface area contributed by atoms with E-state index in [9.17, 15) is 4.39 Å². The highest BCUT2D eigenvalue weighted by Crippen LogP contribution is 2.53. The number of benzene rings is 2. The normalized spacial score (nSPS) is 28.7. The molecule has 4 bridgehead atoms. The van der Waals surface area contributed by atoms with Gasteiger partial charge in [-0.05, 0) is 79.5 Å². The summed E-state index contributed by atoms with van der Waals surface area (Å²) in [7, 11) is 1.60. The molecule has 166 valence electrons. The van der Waals surface area contributed by atoms with Crippen molar-refractivity contribution >= 4 is 23.2 Å². The second kappa shape index (κ2) is 8.80. The van der Waals surface area contributed by atoms with E-state index in [0.29, 0.717) is 39.7 Å². The average molecular weight is 464 g/mol. The molecule has 0 heterocycles. The highest BCUT2D eigenvalue weighted by molar-refractivity contribution is 6.31. The fraction of sp³-hybridized carbons (Fsp3) is 0.520. The van der Waals surface area contributed by atoms with Crippen LogP contribution in [0.2, 0.25) is 10.0 Å². The molecule has 4 aliphatic rings. The highest BCUT2D eigenvalue weighted by Gasteiger charge is 2.47. The predicted octanol–water partition coefficient (Wildman–Crippen LogP) is 6.63. The summed E-state index contributed by atoms with van der Waals surface area (Å²) in [5, 5.41) is 4.77. The molecule has 4 fully saturated rings. The first-order valence-corrected chi connectivity index (χ1v) is 11.9. The molecule has 0 atom stereocenters. The molecule has 3 nitrogen and oxygen atoms in total. The van der Waals surface area contributed by atoms with Gasteiger partial charge in [-0.1, -0.05) is 29.3 Å². The SMILES string of the molecule is COc1cc(CNC2C3CC4CC(C3)CC2C4)c(Cl)cc1OCc1c(F)cccc1Cl. The van der Waals surface area contributed by atoms with Crippen LogP contribution in [0.15, 0.2) is 30.3 Å². The van der Waals surface area contributed by atoms with Gasteiger partial charge in [-0.25, -0.2) is 4.39 Å². The number of methoxy groups -OCH3 is 1. The van der Waals surface area contributed by atoms with Crippen molar-refractivity contribution in [1.82, 2.24) is 5.32 Å². The van der Waals surface area contributed by atoms with E-state index in [2.05, 4.69) is 5.32 Å². The van der Waals surface area contributed by atoms with Gasteiger partial charge in [-0.3, -0.25) is 0 Å². The van der Waals surface area contributed by atoms with Crippen LogP contribution in [0.4, 0.5) is 4.39 Å². The number of nitrogens with one attached hydrogen (secondary N) is 1. The summed E-state index contributed by atoms with van der Waals surface area (Å²) in [6, 6.07) is 8.85. The zero-order valence-corrected chi connectivity index (χ0v) is 19.2. The van der Waals surface area contributed by atoms with Crippen LogP contribution in [0.5, 0.6) is 11.5 Å². The Morgan fingerprint density at radius 1 is 0.968 bits per heavy atom. The van der Waals surface area contributed by atoms with Gasteiger partial charge in [0, 0.05) is 29.2 Å². The number of hydrogen-bond acceptors (Lipinski definition) is 3. The van der Waals surface area contributed by atoms with Crippen LogP contribution in [0, 0.1) is 29.5 Å². The molecule has 4 aliphatic carbocycles. The van der Waals surface area contributed by atoms with Gasteiger partial charge in [0.25, 0.3) is 0 Å². The Labute approximate surface area is 193 Å². The molecule has 6 heteroatoms. The van der Waals surface area contributed by atoms with Crippen LogP contribution in [0.3, 0.4) is 0 Å². The van der Waals surface area contributed by atoms with Crippen molar-refractivity contribution in [3.8, 4) is 11.5 Å². The van der Waals surface area contributed by atoms with Gasteiger partial charge >= 0.3 is 0 Å². The number of halogens is 3. The Kier molecular flexibility index (Phi) is 6.07. The summed E-state index contributed by atoms with van der Waals surface area (Å²) in [5.41, 5.74) is 1.30. The van der Waals surface area contributed by atoms with E-state index in [-0.39, 0.29) is 6.61 Å². The van der Waals surface area contributed by atoms with Crippen molar-refractivity contribution in [2.75, 3.05) is 7.11 Å². The molecule has 0 unspecified atom stereocenters. The molecule has 31 heavy (non-hydrogen) atoms. The smallest absolute Gasteiger partial charge is 0.163 e. The first-order chi connectivity index (χ1) is 15.0. The lowest BCUT2D eigenvalue weighted by atomic mass is 9.54. The van der Waals surface area contributed by atoms with Gasteiger partial charge in [0.1, 0.15) is 12.4 Å². The van der Waals surface area contributed by atoms with E-state index in [1.807, 2.05) is 6.07 Å². The second-order valence-electron chi connectivity index (χ2n) is 9.42. The third-order valence-electron chi connectivity index (χ3n) is 7.52. The standard InChI is InChI=1S/C25H28Cl2FNO2/c1-30-23-10-18(12-29-25-16-6-14-5-15(8-16)9-17(25)7-14)21(27)11-24(23)31-13-19-20(26)3-2-4-22(19)28/h2-4,10-11,14-17,25,29H,5-9,12-13H2,1H3. The largest absolute Gasteiger partial charge is 0.493 e. The lowest BCUT2D eigenvalue weighted by Crippen LogP contribution is -2.54. The molecule has 0 aromatic heterocycles. The van der Waals surface area contributed by atoms with Crippen LogP contribution in [0.1, 0.15) is 43.2 Å². The molecule has 0 amide bonds. The molecule has 1 N–H and O–H groups in total. The molecule has 2 aromatic carbocycles. The third-order valence-corrected chi connectivity index (χ3v) is 8.23. The zero-order chi connectivity index (χ0) is 21.5. The fourth-order valence-electron chi connectivity index (χ4n) is 6.29. The van der Waals surface area contributed by atoms with Crippen LogP contribution >= 0.6 is 23.2 Å². The first kappa shape index (κ1) is 21.4. The molecule has 2 aromatic rings. The number of hydrogen-bond donors (Lipinski definition) is 1. The van der Waals surface area contributed by atoms with E-state index >= 15 is 0 Å². The fourth-order valence-corrected chi connectivity index (χ4v) is 6.73. The summed E-state index contributed by atoms with van der Waals surface area (Å²) < 4.78 is 25.4. The van der Waals surface area contributed by atoms with E-state index in [4.69, 9.17) is 32.7 Å². The van der Waals surface area contributed by atoms with Crippen molar-refractivity contribution < 1.29 is 13.9 Å². The first-order valence-electron chi connectivity index (χ1n) is 11.2. The maximum Gasteiger partial charge on any atom is 0.163 e. The molecule has 6 rings (SSSR count). The average Bonchev–Trinajstić information content (AvgIpc) is 2.73. The number of ether oxygens (including phenoxy) is 2. The Bertz CT molecular complexity index is 919. The molecule has 0 spiro atoms. The van der Waals surface area contributed by atoms with E-state index in [1.54, 1.807) is 25.3 Å². The van der Waals surface area contributed by atoms with Crippen molar-refractivity contribution in [2.45, 2.75) is 51.3 Å².